The van der Waals surface area contributed by atoms with E-state index in [0.29, 0.717) is 12.1 Å². The molecule has 0 aliphatic rings. The number of amides is 1. The minimum absolute atomic E-state index is 0.0805. The number of benzene rings is 2. The predicted octanol–water partition coefficient (Wildman–Crippen LogP) is 4.28. The molecular formula is C24H26N4O. The molecule has 0 fully saturated rings. The molecule has 0 spiro atoms. The molecule has 4 aromatic rings. The first-order valence-corrected chi connectivity index (χ1v) is 9.85. The van der Waals surface area contributed by atoms with E-state index in [1.54, 1.807) is 0 Å². The van der Waals surface area contributed by atoms with Crippen molar-refractivity contribution in [2.24, 2.45) is 7.05 Å². The highest BCUT2D eigenvalue weighted by Crippen LogP contribution is 2.27. The van der Waals surface area contributed by atoms with E-state index in [-0.39, 0.29) is 5.91 Å². The van der Waals surface area contributed by atoms with Gasteiger partial charge in [0, 0.05) is 41.4 Å². The summed E-state index contributed by atoms with van der Waals surface area (Å²) in [5.41, 5.74) is 7.46. The number of aromatic nitrogens is 3. The van der Waals surface area contributed by atoms with Crippen molar-refractivity contribution >= 4 is 16.8 Å². The van der Waals surface area contributed by atoms with Crippen LogP contribution in [0.1, 0.15) is 38.6 Å². The van der Waals surface area contributed by atoms with Gasteiger partial charge < -0.3 is 9.88 Å². The van der Waals surface area contributed by atoms with Crippen LogP contribution in [0.25, 0.3) is 10.9 Å². The SMILES string of the molecule is Cc1c(C)n(Cc2ccccc2)c2ccc(C(=O)NCc3cc(C)n(C)n3)cc12. The second kappa shape index (κ2) is 7.59. The molecule has 2 heterocycles. The third-order valence-electron chi connectivity index (χ3n) is 5.68. The Morgan fingerprint density at radius 3 is 2.48 bits per heavy atom. The summed E-state index contributed by atoms with van der Waals surface area (Å²) in [4.78, 5) is 12.7. The molecule has 148 valence electrons. The van der Waals surface area contributed by atoms with Crippen molar-refractivity contribution in [1.82, 2.24) is 19.7 Å². The van der Waals surface area contributed by atoms with E-state index in [0.717, 1.165) is 28.8 Å². The van der Waals surface area contributed by atoms with Crippen molar-refractivity contribution in [3.63, 3.8) is 0 Å². The maximum absolute atomic E-state index is 12.7. The quantitative estimate of drug-likeness (QED) is 0.557. The Kier molecular flexibility index (Phi) is 4.97. The second-order valence-corrected chi connectivity index (χ2v) is 7.60. The molecule has 0 aliphatic carbocycles. The van der Waals surface area contributed by atoms with Crippen molar-refractivity contribution in [1.29, 1.82) is 0 Å². The molecule has 0 bridgehead atoms. The van der Waals surface area contributed by atoms with Gasteiger partial charge in [0.15, 0.2) is 0 Å². The number of hydrogen-bond donors (Lipinski definition) is 1. The molecule has 4 rings (SSSR count). The van der Waals surface area contributed by atoms with Gasteiger partial charge in [0.05, 0.1) is 12.2 Å². The molecule has 2 aromatic heterocycles. The van der Waals surface area contributed by atoms with Crippen LogP contribution < -0.4 is 5.32 Å². The van der Waals surface area contributed by atoms with Gasteiger partial charge in [-0.1, -0.05) is 30.3 Å². The molecule has 0 saturated carbocycles. The van der Waals surface area contributed by atoms with E-state index in [1.165, 1.54) is 16.8 Å². The minimum Gasteiger partial charge on any atom is -0.346 e. The zero-order valence-electron chi connectivity index (χ0n) is 17.4. The van der Waals surface area contributed by atoms with Gasteiger partial charge in [-0.3, -0.25) is 9.48 Å². The molecule has 5 heteroatoms. The Bertz CT molecular complexity index is 1170. The lowest BCUT2D eigenvalue weighted by Gasteiger charge is -2.09. The molecule has 1 N–H and O–H groups in total. The molecular weight excluding hydrogens is 360 g/mol. The van der Waals surface area contributed by atoms with Crippen LogP contribution >= 0.6 is 0 Å². The van der Waals surface area contributed by atoms with E-state index in [1.807, 2.05) is 42.9 Å². The van der Waals surface area contributed by atoms with Gasteiger partial charge in [0.1, 0.15) is 0 Å². The van der Waals surface area contributed by atoms with Crippen LogP contribution in [0.4, 0.5) is 0 Å². The molecule has 0 atom stereocenters. The van der Waals surface area contributed by atoms with E-state index >= 15 is 0 Å². The number of carbonyl (C=O) groups excluding carboxylic acids is 1. The van der Waals surface area contributed by atoms with Gasteiger partial charge in [-0.2, -0.15) is 5.10 Å². The smallest absolute Gasteiger partial charge is 0.251 e. The Hall–Kier alpha value is -3.34. The second-order valence-electron chi connectivity index (χ2n) is 7.60. The van der Waals surface area contributed by atoms with Crippen molar-refractivity contribution in [3.05, 3.63) is 88.4 Å². The van der Waals surface area contributed by atoms with Crippen molar-refractivity contribution in [3.8, 4) is 0 Å². The number of nitrogens with one attached hydrogen (secondary N) is 1. The highest BCUT2D eigenvalue weighted by Gasteiger charge is 2.14. The molecule has 0 saturated heterocycles. The fourth-order valence-corrected chi connectivity index (χ4v) is 3.76. The zero-order chi connectivity index (χ0) is 20.5. The number of carbonyl (C=O) groups is 1. The average Bonchev–Trinajstić information content (AvgIpc) is 3.17. The van der Waals surface area contributed by atoms with Gasteiger partial charge >= 0.3 is 0 Å². The van der Waals surface area contributed by atoms with Gasteiger partial charge in [-0.25, -0.2) is 0 Å². The largest absolute Gasteiger partial charge is 0.346 e. The third-order valence-corrected chi connectivity index (χ3v) is 5.68. The van der Waals surface area contributed by atoms with Gasteiger partial charge in [-0.05, 0) is 56.2 Å². The molecule has 0 radical (unpaired) electrons. The van der Waals surface area contributed by atoms with Crippen LogP contribution in [0.15, 0.2) is 54.6 Å². The zero-order valence-corrected chi connectivity index (χ0v) is 17.4. The first kappa shape index (κ1) is 19.0. The third kappa shape index (κ3) is 3.68. The number of rotatable bonds is 5. The monoisotopic (exact) mass is 386 g/mol. The lowest BCUT2D eigenvalue weighted by molar-refractivity contribution is 0.0950. The molecule has 29 heavy (non-hydrogen) atoms. The fraction of sp³-hybridized carbons (Fsp3) is 0.250. The molecule has 0 aliphatic heterocycles. The van der Waals surface area contributed by atoms with E-state index < -0.39 is 0 Å². The summed E-state index contributed by atoms with van der Waals surface area (Å²) in [7, 11) is 1.90. The first-order valence-electron chi connectivity index (χ1n) is 9.85. The fourth-order valence-electron chi connectivity index (χ4n) is 3.76. The van der Waals surface area contributed by atoms with Crippen LogP contribution in [-0.4, -0.2) is 20.3 Å². The summed E-state index contributed by atoms with van der Waals surface area (Å²) in [6.07, 6.45) is 0. The van der Waals surface area contributed by atoms with Crippen LogP contribution in [0.5, 0.6) is 0 Å². The molecule has 1 amide bonds. The average molecular weight is 386 g/mol. The normalized spacial score (nSPS) is 11.2. The summed E-state index contributed by atoms with van der Waals surface area (Å²) in [5.74, 6) is -0.0805. The first-order chi connectivity index (χ1) is 13.9. The van der Waals surface area contributed by atoms with Crippen molar-refractivity contribution < 1.29 is 4.79 Å². The van der Waals surface area contributed by atoms with E-state index in [2.05, 4.69) is 59.2 Å². The minimum atomic E-state index is -0.0805. The summed E-state index contributed by atoms with van der Waals surface area (Å²) in [5, 5.41) is 8.50. The van der Waals surface area contributed by atoms with Crippen LogP contribution in [0.3, 0.4) is 0 Å². The Morgan fingerprint density at radius 1 is 1.03 bits per heavy atom. The Morgan fingerprint density at radius 2 is 1.79 bits per heavy atom. The lowest BCUT2D eigenvalue weighted by atomic mass is 10.1. The Labute approximate surface area is 171 Å². The molecule has 2 aromatic carbocycles. The standard InChI is InChI=1S/C24H26N4O/c1-16-12-21(26-27(16)4)14-25-24(29)20-10-11-23-22(13-20)17(2)18(3)28(23)15-19-8-6-5-7-9-19/h5-13H,14-15H2,1-4H3,(H,25,29). The van der Waals surface area contributed by atoms with Gasteiger partial charge in [-0.15, -0.1) is 0 Å². The molecule has 5 nitrogen and oxygen atoms in total. The summed E-state index contributed by atoms with van der Waals surface area (Å²) >= 11 is 0. The van der Waals surface area contributed by atoms with Gasteiger partial charge in [0.2, 0.25) is 0 Å². The summed E-state index contributed by atoms with van der Waals surface area (Å²) < 4.78 is 4.13. The van der Waals surface area contributed by atoms with Crippen molar-refractivity contribution in [2.75, 3.05) is 0 Å². The molecule has 0 unspecified atom stereocenters. The highest BCUT2D eigenvalue weighted by atomic mass is 16.1. The predicted molar refractivity (Wildman–Crippen MR) is 116 cm³/mol. The van der Waals surface area contributed by atoms with E-state index in [9.17, 15) is 4.79 Å². The number of nitrogens with zero attached hydrogens (tertiary/aromatic N) is 3. The summed E-state index contributed by atoms with van der Waals surface area (Å²) in [6.45, 7) is 7.50. The Balaban J connectivity index is 1.59. The number of hydrogen-bond acceptors (Lipinski definition) is 2. The summed E-state index contributed by atoms with van der Waals surface area (Å²) in [6, 6.07) is 18.4. The number of aryl methyl sites for hydroxylation is 3. The van der Waals surface area contributed by atoms with Gasteiger partial charge in [0.25, 0.3) is 5.91 Å². The van der Waals surface area contributed by atoms with Crippen molar-refractivity contribution in [2.45, 2.75) is 33.9 Å². The van der Waals surface area contributed by atoms with Crippen LogP contribution in [0, 0.1) is 20.8 Å². The van der Waals surface area contributed by atoms with Crippen LogP contribution in [0.2, 0.25) is 0 Å². The topological polar surface area (TPSA) is 51.9 Å². The lowest BCUT2D eigenvalue weighted by Crippen LogP contribution is -2.23. The van der Waals surface area contributed by atoms with E-state index in [4.69, 9.17) is 0 Å². The highest BCUT2D eigenvalue weighted by molar-refractivity contribution is 5.99. The van der Waals surface area contributed by atoms with Crippen LogP contribution in [-0.2, 0) is 20.1 Å². The maximum Gasteiger partial charge on any atom is 0.251 e. The maximum atomic E-state index is 12.7. The number of fused-ring (bicyclic) bond motifs is 1.